The van der Waals surface area contributed by atoms with Gasteiger partial charge in [-0.15, -0.1) is 0 Å². The first-order valence-electron chi connectivity index (χ1n) is 6.23. The van der Waals surface area contributed by atoms with E-state index in [2.05, 4.69) is 5.32 Å². The molecule has 0 aromatic rings. The quantitative estimate of drug-likeness (QED) is 0.722. The van der Waals surface area contributed by atoms with E-state index in [0.717, 1.165) is 0 Å². The summed E-state index contributed by atoms with van der Waals surface area (Å²) in [5.41, 5.74) is 0. The maximum Gasteiger partial charge on any atom is 0.245 e. The van der Waals surface area contributed by atoms with Crippen molar-refractivity contribution >= 4 is 21.7 Å². The van der Waals surface area contributed by atoms with Crippen LogP contribution >= 0.6 is 0 Å². The molecule has 0 spiro atoms. The lowest BCUT2D eigenvalue weighted by Gasteiger charge is -2.39. The fourth-order valence-electron chi connectivity index (χ4n) is 2.51. The van der Waals surface area contributed by atoms with Gasteiger partial charge in [-0.1, -0.05) is 6.92 Å². The van der Waals surface area contributed by atoms with E-state index in [1.54, 1.807) is 4.90 Å². The molecule has 18 heavy (non-hydrogen) atoms. The summed E-state index contributed by atoms with van der Waals surface area (Å²) < 4.78 is 22.7. The average molecular weight is 274 g/mol. The summed E-state index contributed by atoms with van der Waals surface area (Å²) in [5.74, 6) is -0.0176. The highest BCUT2D eigenvalue weighted by molar-refractivity contribution is 7.91. The highest BCUT2D eigenvalue weighted by Crippen LogP contribution is 2.20. The molecule has 7 heteroatoms. The molecule has 2 fully saturated rings. The van der Waals surface area contributed by atoms with Gasteiger partial charge in [0, 0.05) is 6.04 Å². The molecule has 0 aromatic heterocycles. The fourth-order valence-corrected chi connectivity index (χ4v) is 3.98. The molecule has 2 aliphatic heterocycles. The lowest BCUT2D eigenvalue weighted by Crippen LogP contribution is -2.61. The third-order valence-electron chi connectivity index (χ3n) is 3.60. The zero-order chi connectivity index (χ0) is 13.3. The zero-order valence-corrected chi connectivity index (χ0v) is 11.2. The monoisotopic (exact) mass is 274 g/mol. The predicted molar refractivity (Wildman–Crippen MR) is 65.6 cm³/mol. The van der Waals surface area contributed by atoms with Crippen molar-refractivity contribution in [2.45, 2.75) is 38.3 Å². The van der Waals surface area contributed by atoms with Crippen LogP contribution in [0.15, 0.2) is 0 Å². The third kappa shape index (κ3) is 2.66. The maximum atomic E-state index is 12.1. The van der Waals surface area contributed by atoms with Crippen molar-refractivity contribution in [3.8, 4) is 0 Å². The Hall–Kier alpha value is -1.11. The Morgan fingerprint density at radius 3 is 2.44 bits per heavy atom. The van der Waals surface area contributed by atoms with Gasteiger partial charge < -0.3 is 10.2 Å². The lowest BCUT2D eigenvalue weighted by atomic mass is 10.0. The second-order valence-electron chi connectivity index (χ2n) is 4.88. The van der Waals surface area contributed by atoms with Crippen LogP contribution in [-0.4, -0.2) is 55.3 Å². The molecule has 0 radical (unpaired) electrons. The van der Waals surface area contributed by atoms with Gasteiger partial charge in [-0.05, 0) is 19.3 Å². The lowest BCUT2D eigenvalue weighted by molar-refractivity contribution is -0.146. The summed E-state index contributed by atoms with van der Waals surface area (Å²) in [6, 6.07) is -0.564. The number of piperazine rings is 1. The van der Waals surface area contributed by atoms with E-state index >= 15 is 0 Å². The number of hydrogen-bond acceptors (Lipinski definition) is 4. The summed E-state index contributed by atoms with van der Waals surface area (Å²) in [6.45, 7) is 1.90. The average Bonchev–Trinajstić information content (AvgIpc) is 2.32. The summed E-state index contributed by atoms with van der Waals surface area (Å²) in [6.07, 6.45) is 1.45. The topological polar surface area (TPSA) is 83.6 Å². The molecule has 2 aliphatic rings. The molecule has 1 unspecified atom stereocenters. The molecule has 6 nitrogen and oxygen atoms in total. The number of nitrogens with one attached hydrogen (secondary N) is 1. The van der Waals surface area contributed by atoms with Gasteiger partial charge in [0.25, 0.3) is 0 Å². The second-order valence-corrected chi connectivity index (χ2v) is 7.18. The Bertz CT molecular complexity index is 446. The summed E-state index contributed by atoms with van der Waals surface area (Å²) >= 11 is 0. The van der Waals surface area contributed by atoms with Gasteiger partial charge in [0.15, 0.2) is 0 Å². The maximum absolute atomic E-state index is 12.1. The van der Waals surface area contributed by atoms with Crippen molar-refractivity contribution in [1.82, 2.24) is 10.2 Å². The fraction of sp³-hybridized carbons (Fsp3) is 0.818. The Morgan fingerprint density at radius 1 is 1.28 bits per heavy atom. The number of rotatable bonds is 2. The van der Waals surface area contributed by atoms with E-state index < -0.39 is 15.9 Å². The standard InChI is InChI=1S/C11H18N2O4S/c1-2-9-11(15)13(7-10(14)12-9)8-3-5-18(16,17)6-4-8/h8-9H,2-7H2,1H3,(H,12,14). The van der Waals surface area contributed by atoms with Crippen LogP contribution in [0.2, 0.25) is 0 Å². The van der Waals surface area contributed by atoms with E-state index in [4.69, 9.17) is 0 Å². The predicted octanol–water partition coefficient (Wildman–Crippen LogP) is -0.699. The summed E-state index contributed by atoms with van der Waals surface area (Å²) in [7, 11) is -2.94. The van der Waals surface area contributed by atoms with Crippen LogP contribution in [0.1, 0.15) is 26.2 Å². The van der Waals surface area contributed by atoms with Crippen molar-refractivity contribution in [3.63, 3.8) is 0 Å². The molecule has 0 aromatic carbocycles. The SMILES string of the molecule is CCC1NC(=O)CN(C2CCS(=O)(=O)CC2)C1=O. The minimum atomic E-state index is -2.94. The van der Waals surface area contributed by atoms with Gasteiger partial charge in [0.2, 0.25) is 11.8 Å². The molecule has 2 saturated heterocycles. The van der Waals surface area contributed by atoms with E-state index in [1.165, 1.54) is 0 Å². The minimum Gasteiger partial charge on any atom is -0.343 e. The van der Waals surface area contributed by atoms with Crippen LogP contribution in [0, 0.1) is 0 Å². The molecule has 0 aliphatic carbocycles. The van der Waals surface area contributed by atoms with E-state index in [1.807, 2.05) is 6.92 Å². The van der Waals surface area contributed by atoms with E-state index in [9.17, 15) is 18.0 Å². The van der Waals surface area contributed by atoms with Crippen LogP contribution < -0.4 is 5.32 Å². The first kappa shape index (κ1) is 13.3. The van der Waals surface area contributed by atoms with Crippen LogP contribution in [0.3, 0.4) is 0 Å². The second kappa shape index (κ2) is 4.87. The normalized spacial score (nSPS) is 29.2. The Labute approximate surface area is 107 Å². The van der Waals surface area contributed by atoms with E-state index in [0.29, 0.717) is 19.3 Å². The first-order valence-corrected chi connectivity index (χ1v) is 8.05. The van der Waals surface area contributed by atoms with Gasteiger partial charge in [0.05, 0.1) is 18.1 Å². The molecule has 0 bridgehead atoms. The summed E-state index contributed by atoms with van der Waals surface area (Å²) in [5, 5.41) is 2.65. The minimum absolute atomic E-state index is 0.0556. The molecule has 2 heterocycles. The number of nitrogens with zero attached hydrogens (tertiary/aromatic N) is 1. The highest BCUT2D eigenvalue weighted by Gasteiger charge is 2.37. The van der Waals surface area contributed by atoms with Crippen molar-refractivity contribution in [2.24, 2.45) is 0 Å². The Balaban J connectivity index is 2.08. The summed E-state index contributed by atoms with van der Waals surface area (Å²) in [4.78, 5) is 25.2. The Kier molecular flexibility index (Phi) is 3.61. The zero-order valence-electron chi connectivity index (χ0n) is 10.4. The molecule has 2 rings (SSSR count). The van der Waals surface area contributed by atoms with Gasteiger partial charge in [0.1, 0.15) is 15.9 Å². The van der Waals surface area contributed by atoms with Gasteiger partial charge in [-0.2, -0.15) is 0 Å². The van der Waals surface area contributed by atoms with Crippen LogP contribution in [0.25, 0.3) is 0 Å². The van der Waals surface area contributed by atoms with Gasteiger partial charge in [-0.3, -0.25) is 9.59 Å². The van der Waals surface area contributed by atoms with E-state index in [-0.39, 0.29) is 35.9 Å². The van der Waals surface area contributed by atoms with Crippen molar-refractivity contribution in [2.75, 3.05) is 18.1 Å². The van der Waals surface area contributed by atoms with Crippen molar-refractivity contribution in [3.05, 3.63) is 0 Å². The number of amides is 2. The van der Waals surface area contributed by atoms with Crippen LogP contribution in [0.5, 0.6) is 0 Å². The van der Waals surface area contributed by atoms with Crippen LogP contribution in [0.4, 0.5) is 0 Å². The molecule has 1 atom stereocenters. The number of carbonyl (C=O) groups is 2. The number of sulfone groups is 1. The number of hydrogen-bond donors (Lipinski definition) is 1. The molecule has 1 N–H and O–H groups in total. The Morgan fingerprint density at radius 2 is 1.89 bits per heavy atom. The molecule has 102 valence electrons. The molecule has 0 saturated carbocycles. The smallest absolute Gasteiger partial charge is 0.245 e. The van der Waals surface area contributed by atoms with Crippen LogP contribution in [-0.2, 0) is 19.4 Å². The molecule has 2 amide bonds. The highest BCUT2D eigenvalue weighted by atomic mass is 32.2. The number of carbonyl (C=O) groups excluding carboxylic acids is 2. The van der Waals surface area contributed by atoms with Gasteiger partial charge in [-0.25, -0.2) is 8.42 Å². The molecular weight excluding hydrogens is 256 g/mol. The third-order valence-corrected chi connectivity index (χ3v) is 5.32. The first-order chi connectivity index (χ1) is 8.43. The van der Waals surface area contributed by atoms with Crippen molar-refractivity contribution < 1.29 is 18.0 Å². The largest absolute Gasteiger partial charge is 0.343 e. The van der Waals surface area contributed by atoms with Crippen molar-refractivity contribution in [1.29, 1.82) is 0 Å². The molecular formula is C11H18N2O4S. The van der Waals surface area contributed by atoms with Gasteiger partial charge >= 0.3 is 0 Å².